The van der Waals surface area contributed by atoms with E-state index in [-0.39, 0.29) is 17.3 Å². The molecule has 19 heavy (non-hydrogen) atoms. The Hall–Kier alpha value is -1.60. The number of likely N-dealkylation sites (N-methyl/N-ethyl adjacent to an activating group) is 1. The molecule has 3 N–H and O–H groups in total. The van der Waals surface area contributed by atoms with Gasteiger partial charge in [0.2, 0.25) is 15.9 Å². The molecule has 1 aromatic rings. The van der Waals surface area contributed by atoms with Gasteiger partial charge in [0.05, 0.1) is 11.4 Å². The molecule has 0 saturated carbocycles. The zero-order valence-corrected chi connectivity index (χ0v) is 11.9. The van der Waals surface area contributed by atoms with Gasteiger partial charge >= 0.3 is 0 Å². The molecule has 1 aromatic carbocycles. The maximum Gasteiger partial charge on any atom is 0.243 e. The molecular formula is C12H19N3O3S. The van der Waals surface area contributed by atoms with E-state index >= 15 is 0 Å². The lowest BCUT2D eigenvalue weighted by Gasteiger charge is -2.16. The van der Waals surface area contributed by atoms with Gasteiger partial charge in [-0.05, 0) is 30.7 Å². The van der Waals surface area contributed by atoms with E-state index in [1.165, 1.54) is 31.3 Å². The second kappa shape index (κ2) is 6.53. The fourth-order valence-corrected chi connectivity index (χ4v) is 2.55. The summed E-state index contributed by atoms with van der Waals surface area (Å²) in [5.41, 5.74) is 6.00. The highest BCUT2D eigenvalue weighted by atomic mass is 32.2. The third-order valence-electron chi connectivity index (χ3n) is 2.53. The molecule has 0 unspecified atom stereocenters. The quantitative estimate of drug-likeness (QED) is 0.741. The Bertz CT molecular complexity index is 526. The third kappa shape index (κ3) is 4.22. The maximum absolute atomic E-state index is 12.2. The Balaban J connectivity index is 2.77. The van der Waals surface area contributed by atoms with E-state index in [0.29, 0.717) is 12.2 Å². The average Bonchev–Trinajstić information content (AvgIpc) is 2.36. The molecule has 0 aliphatic carbocycles. The number of hydrogen-bond acceptors (Lipinski definition) is 4. The number of carbonyl (C=O) groups is 1. The molecule has 0 radical (unpaired) electrons. The predicted molar refractivity (Wildman–Crippen MR) is 74.0 cm³/mol. The minimum Gasteiger partial charge on any atom is -0.399 e. The summed E-state index contributed by atoms with van der Waals surface area (Å²) in [5, 5.41) is 2.63. The summed E-state index contributed by atoms with van der Waals surface area (Å²) in [4.78, 5) is 11.6. The van der Waals surface area contributed by atoms with Crippen molar-refractivity contribution in [1.82, 2.24) is 9.62 Å². The zero-order valence-electron chi connectivity index (χ0n) is 11.1. The van der Waals surface area contributed by atoms with E-state index in [9.17, 15) is 13.2 Å². The van der Waals surface area contributed by atoms with Gasteiger partial charge in [-0.15, -0.1) is 0 Å². The van der Waals surface area contributed by atoms with E-state index in [2.05, 4.69) is 5.32 Å². The second-order valence-corrected chi connectivity index (χ2v) is 6.22. The fourth-order valence-electron chi connectivity index (χ4n) is 1.43. The topological polar surface area (TPSA) is 92.5 Å². The van der Waals surface area contributed by atoms with Crippen molar-refractivity contribution in [3.8, 4) is 0 Å². The molecule has 0 atom stereocenters. The van der Waals surface area contributed by atoms with Crippen LogP contribution in [0, 0.1) is 0 Å². The van der Waals surface area contributed by atoms with Crippen molar-refractivity contribution in [3.63, 3.8) is 0 Å². The van der Waals surface area contributed by atoms with Crippen LogP contribution in [0.1, 0.15) is 13.3 Å². The number of anilines is 1. The Morgan fingerprint density at radius 3 is 2.42 bits per heavy atom. The van der Waals surface area contributed by atoms with Crippen molar-refractivity contribution >= 4 is 21.6 Å². The molecule has 106 valence electrons. The lowest BCUT2D eigenvalue weighted by atomic mass is 10.3. The molecule has 0 bridgehead atoms. The first-order valence-corrected chi connectivity index (χ1v) is 7.40. The third-order valence-corrected chi connectivity index (χ3v) is 4.34. The number of hydrogen-bond donors (Lipinski definition) is 2. The van der Waals surface area contributed by atoms with E-state index < -0.39 is 10.0 Å². The van der Waals surface area contributed by atoms with Crippen LogP contribution in [-0.2, 0) is 14.8 Å². The minimum atomic E-state index is -3.66. The minimum absolute atomic E-state index is 0.118. The molecule has 0 spiro atoms. The van der Waals surface area contributed by atoms with Crippen molar-refractivity contribution in [1.29, 1.82) is 0 Å². The number of nitrogens with one attached hydrogen (secondary N) is 1. The first kappa shape index (κ1) is 15.5. The summed E-state index contributed by atoms with van der Waals surface area (Å²) in [7, 11) is -2.29. The van der Waals surface area contributed by atoms with Crippen LogP contribution in [0.15, 0.2) is 29.2 Å². The summed E-state index contributed by atoms with van der Waals surface area (Å²) in [6, 6.07) is 5.87. The van der Waals surface area contributed by atoms with Crippen molar-refractivity contribution in [2.75, 3.05) is 25.9 Å². The van der Waals surface area contributed by atoms with Gasteiger partial charge in [0, 0.05) is 19.3 Å². The monoisotopic (exact) mass is 285 g/mol. The van der Waals surface area contributed by atoms with Crippen LogP contribution in [0.3, 0.4) is 0 Å². The van der Waals surface area contributed by atoms with Crippen LogP contribution in [0.5, 0.6) is 0 Å². The van der Waals surface area contributed by atoms with Crippen LogP contribution < -0.4 is 11.1 Å². The standard InChI is InChI=1S/C12H19N3O3S/c1-3-8-14-12(16)9-15(2)19(17,18)11-6-4-10(13)5-7-11/h4-7H,3,8-9,13H2,1-2H3,(H,14,16). The number of benzene rings is 1. The van der Waals surface area contributed by atoms with Crippen LogP contribution in [0.4, 0.5) is 5.69 Å². The number of nitrogens with zero attached hydrogens (tertiary/aromatic N) is 1. The van der Waals surface area contributed by atoms with Crippen molar-refractivity contribution in [2.24, 2.45) is 0 Å². The summed E-state index contributed by atoms with van der Waals surface area (Å²) in [6.07, 6.45) is 0.806. The number of nitrogens with two attached hydrogens (primary N) is 1. The molecule has 0 fully saturated rings. The predicted octanol–water partition coefficient (Wildman–Crippen LogP) is 0.416. The van der Waals surface area contributed by atoms with Crippen LogP contribution in [0.2, 0.25) is 0 Å². The summed E-state index contributed by atoms with van der Waals surface area (Å²) in [5.74, 6) is -0.316. The van der Waals surface area contributed by atoms with E-state index in [1.54, 1.807) is 0 Å². The van der Waals surface area contributed by atoms with Gasteiger partial charge in [-0.1, -0.05) is 6.92 Å². The van der Waals surface area contributed by atoms with Crippen LogP contribution in [-0.4, -0.2) is 38.8 Å². The second-order valence-electron chi connectivity index (χ2n) is 4.18. The Morgan fingerprint density at radius 2 is 1.89 bits per heavy atom. The van der Waals surface area contributed by atoms with Crippen LogP contribution in [0.25, 0.3) is 0 Å². The largest absolute Gasteiger partial charge is 0.399 e. The van der Waals surface area contributed by atoms with Crippen molar-refractivity contribution in [3.05, 3.63) is 24.3 Å². The molecule has 0 aromatic heterocycles. The highest BCUT2D eigenvalue weighted by molar-refractivity contribution is 7.89. The Morgan fingerprint density at radius 1 is 1.32 bits per heavy atom. The Labute approximate surface area is 113 Å². The lowest BCUT2D eigenvalue weighted by Crippen LogP contribution is -2.38. The number of sulfonamides is 1. The van der Waals surface area contributed by atoms with E-state index in [1.807, 2.05) is 6.92 Å². The number of amides is 1. The van der Waals surface area contributed by atoms with Gasteiger partial charge in [0.15, 0.2) is 0 Å². The first-order valence-electron chi connectivity index (χ1n) is 5.96. The molecule has 6 nitrogen and oxygen atoms in total. The zero-order chi connectivity index (χ0) is 14.5. The molecule has 0 saturated heterocycles. The highest BCUT2D eigenvalue weighted by Gasteiger charge is 2.22. The molecule has 1 rings (SSSR count). The SMILES string of the molecule is CCCNC(=O)CN(C)S(=O)(=O)c1ccc(N)cc1. The lowest BCUT2D eigenvalue weighted by molar-refractivity contribution is -0.121. The van der Waals surface area contributed by atoms with Gasteiger partial charge in [0.25, 0.3) is 0 Å². The van der Waals surface area contributed by atoms with E-state index in [4.69, 9.17) is 5.73 Å². The molecule has 7 heteroatoms. The van der Waals surface area contributed by atoms with Gasteiger partial charge in [-0.2, -0.15) is 4.31 Å². The molecule has 0 aliphatic heterocycles. The molecular weight excluding hydrogens is 266 g/mol. The van der Waals surface area contributed by atoms with E-state index in [0.717, 1.165) is 10.7 Å². The smallest absolute Gasteiger partial charge is 0.243 e. The first-order chi connectivity index (χ1) is 8.87. The maximum atomic E-state index is 12.2. The fraction of sp³-hybridized carbons (Fsp3) is 0.417. The van der Waals surface area contributed by atoms with Crippen LogP contribution >= 0.6 is 0 Å². The Kier molecular flexibility index (Phi) is 5.31. The average molecular weight is 285 g/mol. The molecule has 0 heterocycles. The molecule has 0 aliphatic rings. The van der Waals surface area contributed by atoms with Gasteiger partial charge in [-0.3, -0.25) is 4.79 Å². The highest BCUT2D eigenvalue weighted by Crippen LogP contribution is 2.15. The number of rotatable bonds is 6. The molecule has 1 amide bonds. The van der Waals surface area contributed by atoms with Gasteiger partial charge < -0.3 is 11.1 Å². The normalized spacial score (nSPS) is 11.5. The van der Waals surface area contributed by atoms with Crippen molar-refractivity contribution in [2.45, 2.75) is 18.2 Å². The van der Waals surface area contributed by atoms with Gasteiger partial charge in [0.1, 0.15) is 0 Å². The number of nitrogen functional groups attached to an aromatic ring is 1. The summed E-state index contributed by atoms with van der Waals surface area (Å²) >= 11 is 0. The number of carbonyl (C=O) groups excluding carboxylic acids is 1. The summed E-state index contributed by atoms with van der Waals surface area (Å²) in [6.45, 7) is 2.26. The van der Waals surface area contributed by atoms with Gasteiger partial charge in [-0.25, -0.2) is 8.42 Å². The van der Waals surface area contributed by atoms with Crippen molar-refractivity contribution < 1.29 is 13.2 Å². The summed E-state index contributed by atoms with van der Waals surface area (Å²) < 4.78 is 25.3.